The summed E-state index contributed by atoms with van der Waals surface area (Å²) in [6, 6.07) is 10.6. The van der Waals surface area contributed by atoms with Crippen molar-refractivity contribution in [2.45, 2.75) is 101 Å². The van der Waals surface area contributed by atoms with E-state index in [0.717, 1.165) is 41.7 Å². The van der Waals surface area contributed by atoms with Gasteiger partial charge in [-0.15, -0.1) is 0 Å². The number of benzene rings is 4. The van der Waals surface area contributed by atoms with Gasteiger partial charge in [0.1, 0.15) is 24.7 Å². The van der Waals surface area contributed by atoms with Crippen molar-refractivity contribution in [2.75, 3.05) is 13.2 Å². The van der Waals surface area contributed by atoms with Crippen molar-refractivity contribution in [3.63, 3.8) is 0 Å². The van der Waals surface area contributed by atoms with Crippen LogP contribution in [0.3, 0.4) is 0 Å². The highest BCUT2D eigenvalue weighted by atomic mass is 32.2. The van der Waals surface area contributed by atoms with Gasteiger partial charge >= 0.3 is 18.5 Å². The van der Waals surface area contributed by atoms with Crippen molar-refractivity contribution >= 4 is 20.0 Å². The molecule has 19 heteroatoms. The Balaban J connectivity index is 1.25. The van der Waals surface area contributed by atoms with Crippen molar-refractivity contribution in [3.05, 3.63) is 117 Å². The van der Waals surface area contributed by atoms with Gasteiger partial charge in [0.25, 0.3) is 0 Å². The third-order valence-corrected chi connectivity index (χ3v) is 14.1. The average molecular weight is 909 g/mol. The van der Waals surface area contributed by atoms with Crippen LogP contribution in [0.1, 0.15) is 57.3 Å². The summed E-state index contributed by atoms with van der Waals surface area (Å²) < 4.78 is 191. The predicted octanol–water partition coefficient (Wildman–Crippen LogP) is 9.64. The summed E-state index contributed by atoms with van der Waals surface area (Å²) >= 11 is 0. The zero-order valence-corrected chi connectivity index (χ0v) is 35.3. The van der Waals surface area contributed by atoms with E-state index in [1.807, 2.05) is 0 Å². The summed E-state index contributed by atoms with van der Waals surface area (Å²) in [7, 11) is -9.48. The molecule has 4 aromatic rings. The van der Waals surface area contributed by atoms with E-state index >= 15 is 0 Å². The van der Waals surface area contributed by atoms with Gasteiger partial charge in [0.05, 0.1) is 15.4 Å². The Morgan fingerprint density at radius 2 is 0.951 bits per heavy atom. The highest BCUT2D eigenvalue weighted by Gasteiger charge is 2.45. The largest absolute Gasteiger partial charge is 0.492 e. The third-order valence-electron chi connectivity index (χ3n) is 10.5. The molecule has 0 spiro atoms. The number of rotatable bonds is 16. The van der Waals surface area contributed by atoms with Crippen LogP contribution in [-0.2, 0) is 39.1 Å². The van der Waals surface area contributed by atoms with E-state index in [1.165, 1.54) is 39.8 Å². The van der Waals surface area contributed by atoms with Crippen molar-refractivity contribution < 1.29 is 65.8 Å². The van der Waals surface area contributed by atoms with Crippen LogP contribution in [0.5, 0.6) is 11.5 Å². The number of halogens is 9. The Morgan fingerprint density at radius 3 is 1.30 bits per heavy atom. The first kappa shape index (κ1) is 47.7. The molecule has 0 aromatic heterocycles. The Bertz CT molecular complexity index is 2390. The molecule has 0 heterocycles. The molecule has 61 heavy (non-hydrogen) atoms. The molecule has 0 aliphatic heterocycles. The lowest BCUT2D eigenvalue weighted by atomic mass is 9.68. The van der Waals surface area contributed by atoms with E-state index in [9.17, 15) is 56.3 Å². The SMILES string of the molecule is Cc1cccc(OCC(NS(=O)(=O)c2c(C)cc(CC3CCC3Cc3cc(C)c(S(=O)(=O)NC(COc4cccc(C(F)(F)F)c4)C(F)(F)F)c(C)c3)cc2C)C(F)(F)F)c1. The number of aryl methyl sites for hydroxylation is 5. The van der Waals surface area contributed by atoms with Gasteiger partial charge in [-0.1, -0.05) is 42.5 Å². The van der Waals surface area contributed by atoms with Crippen LogP contribution in [0.4, 0.5) is 39.5 Å². The third kappa shape index (κ3) is 12.2. The molecule has 1 saturated carbocycles. The van der Waals surface area contributed by atoms with E-state index in [0.29, 0.717) is 25.0 Å². The van der Waals surface area contributed by atoms with E-state index in [4.69, 9.17) is 9.47 Å². The second kappa shape index (κ2) is 18.2. The maximum absolute atomic E-state index is 14.0. The smallest absolute Gasteiger partial charge is 0.416 e. The minimum atomic E-state index is -5.16. The van der Waals surface area contributed by atoms with E-state index in [-0.39, 0.29) is 49.6 Å². The number of hydrogen-bond acceptors (Lipinski definition) is 6. The van der Waals surface area contributed by atoms with Crippen molar-refractivity contribution in [2.24, 2.45) is 11.8 Å². The Labute approximate surface area is 349 Å². The van der Waals surface area contributed by atoms with Crippen LogP contribution in [0.15, 0.2) is 82.6 Å². The lowest BCUT2D eigenvalue weighted by Gasteiger charge is -2.37. The summed E-state index contributed by atoms with van der Waals surface area (Å²) in [6.45, 7) is 5.31. The molecular formula is C42H45F9N2O6S2. The van der Waals surface area contributed by atoms with Crippen LogP contribution in [-0.4, -0.2) is 54.5 Å². The van der Waals surface area contributed by atoms with Crippen LogP contribution >= 0.6 is 0 Å². The number of nitrogens with one attached hydrogen (secondary N) is 2. The van der Waals surface area contributed by atoms with E-state index < -0.39 is 75.2 Å². The molecule has 1 aliphatic carbocycles. The van der Waals surface area contributed by atoms with Gasteiger partial charge in [0.15, 0.2) is 12.1 Å². The normalized spacial score (nSPS) is 17.4. The van der Waals surface area contributed by atoms with Crippen molar-refractivity contribution in [1.82, 2.24) is 9.44 Å². The zero-order chi connectivity index (χ0) is 45.3. The summed E-state index contributed by atoms with van der Waals surface area (Å²) in [5, 5.41) is 0. The van der Waals surface area contributed by atoms with Gasteiger partial charge in [-0.05, 0) is 141 Å². The summed E-state index contributed by atoms with van der Waals surface area (Å²) in [6.07, 6.45) is -12.3. The number of ether oxygens (including phenoxy) is 2. The minimum absolute atomic E-state index is 0.105. The van der Waals surface area contributed by atoms with E-state index in [2.05, 4.69) is 0 Å². The number of sulfonamides is 2. The van der Waals surface area contributed by atoms with Crippen molar-refractivity contribution in [3.8, 4) is 11.5 Å². The lowest BCUT2D eigenvalue weighted by Crippen LogP contribution is -2.49. The van der Waals surface area contributed by atoms with Gasteiger partial charge in [-0.3, -0.25) is 0 Å². The quantitative estimate of drug-likeness (QED) is 0.108. The topological polar surface area (TPSA) is 111 Å². The standard InChI is InChI=1S/C42H45F9N2O6S2/c1-24-8-6-10-34(14-24)58-22-36(41(46,47)48)52-60(54,55)38-25(2)15-29(16-26(38)3)19-31-12-13-32(31)20-30-17-27(4)39(28(5)18-30)61(56,57)53-37(42(49,50)51)23-59-35-11-7-9-33(21-35)40(43,44)45/h6-11,14-18,21,31-32,36-37,52-53H,12-13,19-20,22-23H2,1-5H3. The molecule has 4 unspecified atom stereocenters. The van der Waals surface area contributed by atoms with Gasteiger partial charge in [0.2, 0.25) is 20.0 Å². The first-order chi connectivity index (χ1) is 28.1. The molecule has 334 valence electrons. The second-order valence-electron chi connectivity index (χ2n) is 15.5. The predicted molar refractivity (Wildman–Crippen MR) is 209 cm³/mol. The second-order valence-corrected chi connectivity index (χ2v) is 18.8. The summed E-state index contributed by atoms with van der Waals surface area (Å²) in [5.74, 6) is -0.154. The Kier molecular flexibility index (Phi) is 14.2. The zero-order valence-electron chi connectivity index (χ0n) is 33.6. The first-order valence-corrected chi connectivity index (χ1v) is 22.0. The fourth-order valence-electron chi connectivity index (χ4n) is 7.65. The first-order valence-electron chi connectivity index (χ1n) is 19.0. The maximum Gasteiger partial charge on any atom is 0.416 e. The lowest BCUT2D eigenvalue weighted by molar-refractivity contribution is -0.158. The van der Waals surface area contributed by atoms with Crippen molar-refractivity contribution in [1.29, 1.82) is 0 Å². The molecule has 2 N–H and O–H groups in total. The minimum Gasteiger partial charge on any atom is -0.492 e. The monoisotopic (exact) mass is 908 g/mol. The molecule has 0 saturated heterocycles. The highest BCUT2D eigenvalue weighted by molar-refractivity contribution is 7.90. The molecule has 1 fully saturated rings. The van der Waals surface area contributed by atoms with Gasteiger partial charge in [-0.25, -0.2) is 16.8 Å². The number of hydrogen-bond donors (Lipinski definition) is 2. The van der Waals surface area contributed by atoms with Crippen LogP contribution in [0.2, 0.25) is 0 Å². The molecular weight excluding hydrogens is 864 g/mol. The molecule has 0 bridgehead atoms. The van der Waals surface area contributed by atoms with Gasteiger partial charge in [-0.2, -0.15) is 49.0 Å². The molecule has 4 aromatic carbocycles. The molecule has 1 aliphatic rings. The fourth-order valence-corrected chi connectivity index (χ4v) is 11.0. The highest BCUT2D eigenvalue weighted by Crippen LogP contribution is 2.41. The molecule has 5 rings (SSSR count). The fraction of sp³-hybridized carbons (Fsp3) is 0.429. The van der Waals surface area contributed by atoms with Crippen LogP contribution in [0, 0.1) is 46.5 Å². The van der Waals surface area contributed by atoms with Crippen LogP contribution in [0.25, 0.3) is 0 Å². The van der Waals surface area contributed by atoms with Crippen LogP contribution < -0.4 is 18.9 Å². The average Bonchev–Trinajstić information content (AvgIpc) is 3.10. The van der Waals surface area contributed by atoms with Gasteiger partial charge in [0, 0.05) is 0 Å². The Morgan fingerprint density at radius 1 is 0.574 bits per heavy atom. The molecule has 8 nitrogen and oxygen atoms in total. The molecule has 0 amide bonds. The van der Waals surface area contributed by atoms with E-state index in [1.54, 1.807) is 52.8 Å². The summed E-state index contributed by atoms with van der Waals surface area (Å²) in [5.41, 5.74) is 1.95. The number of alkyl halides is 9. The maximum atomic E-state index is 14.0. The van der Waals surface area contributed by atoms with Gasteiger partial charge < -0.3 is 9.47 Å². The molecule has 4 atom stereocenters. The summed E-state index contributed by atoms with van der Waals surface area (Å²) in [4.78, 5) is -0.655. The Hall–Kier alpha value is -4.33. The molecule has 0 radical (unpaired) electrons.